The number of nitrogens with zero attached hydrogens (tertiary/aromatic N) is 1. The number of carbonyl (C=O) groups is 1. The van der Waals surface area contributed by atoms with Gasteiger partial charge in [-0.2, -0.15) is 4.31 Å². The summed E-state index contributed by atoms with van der Waals surface area (Å²) in [6, 6.07) is 5.80. The van der Waals surface area contributed by atoms with Crippen molar-refractivity contribution in [1.29, 1.82) is 0 Å². The lowest BCUT2D eigenvalue weighted by Crippen LogP contribution is -2.43. The second kappa shape index (κ2) is 6.78. The third kappa shape index (κ3) is 3.31. The van der Waals surface area contributed by atoms with E-state index in [1.54, 1.807) is 0 Å². The molecule has 160 valence electrons. The predicted molar refractivity (Wildman–Crippen MR) is 110 cm³/mol. The van der Waals surface area contributed by atoms with E-state index in [0.717, 1.165) is 19.3 Å². The van der Waals surface area contributed by atoms with Gasteiger partial charge in [0.15, 0.2) is 0 Å². The van der Waals surface area contributed by atoms with Crippen molar-refractivity contribution in [2.75, 3.05) is 23.6 Å². The Labute approximate surface area is 173 Å². The second-order valence-electron chi connectivity index (χ2n) is 9.16. The molecule has 2 aliphatic carbocycles. The molecule has 3 fully saturated rings. The molecule has 1 heterocycles. The maximum atomic E-state index is 12.9. The Morgan fingerprint density at radius 3 is 2.21 bits per heavy atom. The number of nitrogens with one attached hydrogen (secondary N) is 1. The van der Waals surface area contributed by atoms with E-state index >= 15 is 0 Å². The van der Waals surface area contributed by atoms with Gasteiger partial charge in [-0.25, -0.2) is 16.8 Å². The summed E-state index contributed by atoms with van der Waals surface area (Å²) >= 11 is 0. The molecule has 1 aliphatic heterocycles. The normalized spacial score (nSPS) is 29.4. The standard InChI is InChI=1S/C20H28N2O5S2/c1-19(2)15-9-10-20(19,18(23)13-15)14-28(24,25)21-16-5-7-17(8-6-16)29(26,27)22-11-3-4-12-22/h5-8,15,21H,3-4,9-14H2,1-2H3/t15-,20+/m0/s1. The van der Waals surface area contributed by atoms with Gasteiger partial charge in [-0.05, 0) is 61.3 Å². The van der Waals surface area contributed by atoms with E-state index in [9.17, 15) is 21.6 Å². The minimum absolute atomic E-state index is 0.0520. The Balaban J connectivity index is 1.51. The van der Waals surface area contributed by atoms with Crippen molar-refractivity contribution in [3.63, 3.8) is 0 Å². The molecule has 1 saturated heterocycles. The molecular weight excluding hydrogens is 412 g/mol. The Hall–Kier alpha value is -1.45. The van der Waals surface area contributed by atoms with E-state index in [1.165, 1.54) is 28.6 Å². The van der Waals surface area contributed by atoms with Crippen LogP contribution in [0.3, 0.4) is 0 Å². The van der Waals surface area contributed by atoms with Gasteiger partial charge in [0.25, 0.3) is 0 Å². The molecule has 0 amide bonds. The first-order valence-electron chi connectivity index (χ1n) is 10.1. The number of ketones is 1. The molecule has 4 rings (SSSR count). The molecule has 1 aromatic carbocycles. The summed E-state index contributed by atoms with van der Waals surface area (Å²) in [6.45, 7) is 5.04. The zero-order chi connectivity index (χ0) is 21.1. The molecule has 3 aliphatic rings. The summed E-state index contributed by atoms with van der Waals surface area (Å²) < 4.78 is 54.9. The molecule has 7 nitrogen and oxygen atoms in total. The molecule has 0 aromatic heterocycles. The Kier molecular flexibility index (Phi) is 4.87. The fourth-order valence-electron chi connectivity index (χ4n) is 5.42. The molecule has 2 bridgehead atoms. The number of hydrogen-bond donors (Lipinski definition) is 1. The molecule has 1 aromatic rings. The van der Waals surface area contributed by atoms with E-state index < -0.39 is 25.5 Å². The fraction of sp³-hybridized carbons (Fsp3) is 0.650. The molecule has 2 atom stereocenters. The first kappa shape index (κ1) is 20.8. The van der Waals surface area contributed by atoms with Gasteiger partial charge >= 0.3 is 0 Å². The monoisotopic (exact) mass is 440 g/mol. The molecule has 0 unspecified atom stereocenters. The second-order valence-corrected chi connectivity index (χ2v) is 12.8. The number of anilines is 1. The number of hydrogen-bond acceptors (Lipinski definition) is 5. The first-order chi connectivity index (χ1) is 13.5. The number of benzene rings is 1. The molecule has 1 N–H and O–H groups in total. The molecule has 2 saturated carbocycles. The van der Waals surface area contributed by atoms with Crippen molar-refractivity contribution in [3.05, 3.63) is 24.3 Å². The lowest BCUT2D eigenvalue weighted by molar-refractivity contribution is -0.128. The maximum absolute atomic E-state index is 12.9. The highest BCUT2D eigenvalue weighted by atomic mass is 32.2. The van der Waals surface area contributed by atoms with Gasteiger partial charge in [-0.15, -0.1) is 0 Å². The minimum Gasteiger partial charge on any atom is -0.299 e. The number of Topliss-reactive ketones (excluding diaryl/α,β-unsaturated/α-hetero) is 1. The third-order valence-electron chi connectivity index (χ3n) is 7.41. The molecule has 29 heavy (non-hydrogen) atoms. The highest BCUT2D eigenvalue weighted by Crippen LogP contribution is 2.64. The molecule has 0 radical (unpaired) electrons. The maximum Gasteiger partial charge on any atom is 0.243 e. The van der Waals surface area contributed by atoms with Crippen LogP contribution >= 0.6 is 0 Å². The van der Waals surface area contributed by atoms with Crippen molar-refractivity contribution < 1.29 is 21.6 Å². The van der Waals surface area contributed by atoms with Crippen LogP contribution < -0.4 is 4.72 Å². The summed E-state index contributed by atoms with van der Waals surface area (Å²) in [5, 5.41) is 0. The summed E-state index contributed by atoms with van der Waals surface area (Å²) in [6.07, 6.45) is 3.67. The average Bonchev–Trinajstić information content (AvgIpc) is 3.29. The molecular formula is C20H28N2O5S2. The van der Waals surface area contributed by atoms with Crippen LogP contribution in [-0.2, 0) is 24.8 Å². The summed E-state index contributed by atoms with van der Waals surface area (Å²) in [4.78, 5) is 12.8. The number of sulfonamides is 2. The SMILES string of the molecule is CC1(C)[C@H]2CC[C@@]1(CS(=O)(=O)Nc1ccc(S(=O)(=O)N3CCCC3)cc1)C(=O)C2. The van der Waals surface area contributed by atoms with Gasteiger partial charge in [0.1, 0.15) is 5.78 Å². The Morgan fingerprint density at radius 1 is 1.07 bits per heavy atom. The number of carbonyl (C=O) groups excluding carboxylic acids is 1. The van der Waals surface area contributed by atoms with Crippen molar-refractivity contribution in [3.8, 4) is 0 Å². The smallest absolute Gasteiger partial charge is 0.243 e. The fourth-order valence-corrected chi connectivity index (χ4v) is 8.83. The highest BCUT2D eigenvalue weighted by molar-refractivity contribution is 7.92. The highest BCUT2D eigenvalue weighted by Gasteiger charge is 2.65. The molecule has 0 spiro atoms. The third-order valence-corrected chi connectivity index (χ3v) is 10.7. The Bertz CT molecular complexity index is 1030. The van der Waals surface area contributed by atoms with Crippen molar-refractivity contribution in [2.24, 2.45) is 16.7 Å². The van der Waals surface area contributed by atoms with Crippen molar-refractivity contribution in [2.45, 2.75) is 50.8 Å². The molecule has 9 heteroatoms. The Morgan fingerprint density at radius 2 is 1.69 bits per heavy atom. The summed E-state index contributed by atoms with van der Waals surface area (Å²) in [5.74, 6) is 0.0762. The largest absolute Gasteiger partial charge is 0.299 e. The quantitative estimate of drug-likeness (QED) is 0.733. The summed E-state index contributed by atoms with van der Waals surface area (Å²) in [5.41, 5.74) is -0.853. The van der Waals surface area contributed by atoms with Gasteiger partial charge in [-0.3, -0.25) is 9.52 Å². The number of rotatable bonds is 6. The van der Waals surface area contributed by atoms with Crippen LogP contribution in [0.2, 0.25) is 0 Å². The van der Waals surface area contributed by atoms with Crippen LogP contribution in [0.15, 0.2) is 29.2 Å². The minimum atomic E-state index is -3.76. The lowest BCUT2D eigenvalue weighted by atomic mass is 9.70. The average molecular weight is 441 g/mol. The van der Waals surface area contributed by atoms with Crippen LogP contribution in [0.1, 0.15) is 46.0 Å². The first-order valence-corrected chi connectivity index (χ1v) is 13.2. The van der Waals surface area contributed by atoms with Crippen LogP contribution in [-0.4, -0.2) is 45.8 Å². The number of fused-ring (bicyclic) bond motifs is 2. The van der Waals surface area contributed by atoms with Crippen molar-refractivity contribution in [1.82, 2.24) is 4.31 Å². The van der Waals surface area contributed by atoms with Crippen LogP contribution in [0.25, 0.3) is 0 Å². The predicted octanol–water partition coefficient (Wildman–Crippen LogP) is 2.61. The van der Waals surface area contributed by atoms with Gasteiger partial charge in [0, 0.05) is 25.2 Å². The van der Waals surface area contributed by atoms with Crippen LogP contribution in [0, 0.1) is 16.7 Å². The summed E-state index contributed by atoms with van der Waals surface area (Å²) in [7, 11) is -7.30. The van der Waals surface area contributed by atoms with E-state index in [1.807, 2.05) is 13.8 Å². The zero-order valence-electron chi connectivity index (χ0n) is 16.8. The van der Waals surface area contributed by atoms with Gasteiger partial charge in [0.2, 0.25) is 20.0 Å². The van der Waals surface area contributed by atoms with Crippen LogP contribution in [0.5, 0.6) is 0 Å². The van der Waals surface area contributed by atoms with E-state index in [2.05, 4.69) is 4.72 Å². The van der Waals surface area contributed by atoms with E-state index in [4.69, 9.17) is 0 Å². The van der Waals surface area contributed by atoms with Gasteiger partial charge in [-0.1, -0.05) is 13.8 Å². The van der Waals surface area contributed by atoms with Crippen molar-refractivity contribution >= 4 is 31.5 Å². The van der Waals surface area contributed by atoms with E-state index in [0.29, 0.717) is 31.6 Å². The van der Waals surface area contributed by atoms with Gasteiger partial charge < -0.3 is 0 Å². The lowest BCUT2D eigenvalue weighted by Gasteiger charge is -2.36. The van der Waals surface area contributed by atoms with Crippen LogP contribution in [0.4, 0.5) is 5.69 Å². The van der Waals surface area contributed by atoms with Gasteiger partial charge in [0.05, 0.1) is 16.1 Å². The van der Waals surface area contributed by atoms with E-state index in [-0.39, 0.29) is 27.8 Å². The zero-order valence-corrected chi connectivity index (χ0v) is 18.5. The topological polar surface area (TPSA) is 101 Å².